The van der Waals surface area contributed by atoms with Crippen molar-refractivity contribution in [1.82, 2.24) is 19.1 Å². The molecule has 1 saturated carbocycles. The molecule has 0 radical (unpaired) electrons. The van der Waals surface area contributed by atoms with Crippen LogP contribution in [0.1, 0.15) is 26.0 Å². The van der Waals surface area contributed by atoms with Crippen LogP contribution in [0.2, 0.25) is 0 Å². The van der Waals surface area contributed by atoms with E-state index < -0.39 is 36.2 Å². The highest BCUT2D eigenvalue weighted by atomic mass is 16.6. The molecule has 2 fully saturated rings. The summed E-state index contributed by atoms with van der Waals surface area (Å²) in [5.41, 5.74) is 5.95. The smallest absolute Gasteiger partial charge is 0.332 e. The number of aliphatic hydroxyl groups excluding tert-OH is 2. The summed E-state index contributed by atoms with van der Waals surface area (Å²) >= 11 is 0. The molecule has 146 valence electrons. The molecule has 0 unspecified atom stereocenters. The third-order valence-corrected chi connectivity index (χ3v) is 4.90. The zero-order valence-electron chi connectivity index (χ0n) is 14.7. The predicted octanol–water partition coefficient (Wildman–Crippen LogP) is -1.23. The molecular formula is C16H21N5O6. The third kappa shape index (κ3) is 3.17. The number of fused-ring (bicyclic) bond motifs is 1. The first-order valence-electron chi connectivity index (χ1n) is 8.75. The van der Waals surface area contributed by atoms with Crippen molar-refractivity contribution in [3.8, 4) is 0 Å². The number of nitrogens with zero attached hydrogens (tertiary/aromatic N) is 4. The molecule has 1 saturated heterocycles. The first kappa shape index (κ1) is 17.9. The molecule has 1 aliphatic heterocycles. The van der Waals surface area contributed by atoms with Crippen LogP contribution in [0, 0.1) is 5.92 Å². The van der Waals surface area contributed by atoms with Crippen molar-refractivity contribution in [1.29, 1.82) is 0 Å². The van der Waals surface area contributed by atoms with Crippen LogP contribution < -0.4 is 11.4 Å². The molecule has 2 aromatic heterocycles. The monoisotopic (exact) mass is 379 g/mol. The molecule has 3 heterocycles. The summed E-state index contributed by atoms with van der Waals surface area (Å²) in [7, 11) is 0. The summed E-state index contributed by atoms with van der Waals surface area (Å²) in [5, 5.41) is 20.7. The number of ether oxygens (including phenoxy) is 2. The van der Waals surface area contributed by atoms with E-state index in [9.17, 15) is 19.8 Å². The lowest BCUT2D eigenvalue weighted by molar-refractivity contribution is -0.147. The summed E-state index contributed by atoms with van der Waals surface area (Å²) in [6, 6.07) is 0. The molecule has 4 atom stereocenters. The molecule has 0 bridgehead atoms. The Bertz CT molecular complexity index is 935. The molecule has 0 aromatic carbocycles. The number of hydrogen-bond donors (Lipinski definition) is 3. The normalized spacial score (nSPS) is 28.0. The van der Waals surface area contributed by atoms with Gasteiger partial charge >= 0.3 is 11.7 Å². The highest BCUT2D eigenvalue weighted by Gasteiger charge is 2.46. The topological polar surface area (TPSA) is 155 Å². The zero-order valence-corrected chi connectivity index (χ0v) is 14.7. The number of nitrogens with two attached hydrogens (primary N) is 1. The van der Waals surface area contributed by atoms with E-state index in [1.807, 2.05) is 0 Å². The molecule has 2 aliphatic rings. The number of hydrogen-bond acceptors (Lipinski definition) is 9. The van der Waals surface area contributed by atoms with Crippen LogP contribution in [0.3, 0.4) is 0 Å². The molecule has 1 aliphatic carbocycles. The third-order valence-electron chi connectivity index (χ3n) is 4.90. The number of rotatable bonds is 5. The highest BCUT2D eigenvalue weighted by molar-refractivity contribution is 5.72. The van der Waals surface area contributed by atoms with Crippen LogP contribution >= 0.6 is 0 Å². The Morgan fingerprint density at radius 1 is 1.41 bits per heavy atom. The first-order chi connectivity index (χ1) is 12.9. The fourth-order valence-corrected chi connectivity index (χ4v) is 3.32. The van der Waals surface area contributed by atoms with Crippen LogP contribution in [0.25, 0.3) is 11.2 Å². The quantitative estimate of drug-likeness (QED) is 0.541. The van der Waals surface area contributed by atoms with Crippen LogP contribution in [0.15, 0.2) is 11.0 Å². The maximum absolute atomic E-state index is 13.0. The Morgan fingerprint density at radius 2 is 2.15 bits per heavy atom. The molecule has 27 heavy (non-hydrogen) atoms. The number of aromatic nitrogens is 4. The lowest BCUT2D eigenvalue weighted by atomic mass is 10.1. The minimum absolute atomic E-state index is 0.0238. The zero-order chi connectivity index (χ0) is 19.3. The second-order valence-electron chi connectivity index (χ2n) is 6.99. The molecular weight excluding hydrogens is 358 g/mol. The second kappa shape index (κ2) is 6.59. The average Bonchev–Trinajstić information content (AvgIpc) is 3.35. The van der Waals surface area contributed by atoms with Gasteiger partial charge in [-0.2, -0.15) is 4.98 Å². The molecule has 4 N–H and O–H groups in total. The van der Waals surface area contributed by atoms with Gasteiger partial charge in [-0.25, -0.2) is 14.3 Å². The van der Waals surface area contributed by atoms with Gasteiger partial charge in [-0.15, -0.1) is 0 Å². The number of anilines is 1. The largest absolute Gasteiger partial charge is 0.463 e. The van der Waals surface area contributed by atoms with Gasteiger partial charge in [0.2, 0.25) is 5.95 Å². The number of aliphatic hydroxyl groups is 2. The first-order valence-corrected chi connectivity index (χ1v) is 8.75. The fraction of sp³-hybridized carbons (Fsp3) is 0.625. The molecule has 0 spiro atoms. The number of carbonyl (C=O) groups excluding carboxylic acids is 1. The van der Waals surface area contributed by atoms with Crippen molar-refractivity contribution >= 4 is 23.1 Å². The van der Waals surface area contributed by atoms with Crippen molar-refractivity contribution in [3.63, 3.8) is 0 Å². The molecule has 0 amide bonds. The van der Waals surface area contributed by atoms with Crippen LogP contribution in [0.5, 0.6) is 0 Å². The van der Waals surface area contributed by atoms with Gasteiger partial charge in [-0.3, -0.25) is 9.36 Å². The van der Waals surface area contributed by atoms with Crippen molar-refractivity contribution in [3.05, 3.63) is 16.7 Å². The van der Waals surface area contributed by atoms with Gasteiger partial charge in [0.15, 0.2) is 11.9 Å². The van der Waals surface area contributed by atoms with Gasteiger partial charge in [-0.1, -0.05) is 0 Å². The predicted molar refractivity (Wildman–Crippen MR) is 91.5 cm³/mol. The van der Waals surface area contributed by atoms with Gasteiger partial charge in [0.05, 0.1) is 6.20 Å². The van der Waals surface area contributed by atoms with E-state index in [1.54, 1.807) is 0 Å². The summed E-state index contributed by atoms with van der Waals surface area (Å²) in [6.45, 7) is 1.50. The van der Waals surface area contributed by atoms with E-state index in [4.69, 9.17) is 15.2 Å². The number of imidazole rings is 1. The van der Waals surface area contributed by atoms with Gasteiger partial charge < -0.3 is 25.4 Å². The van der Waals surface area contributed by atoms with E-state index in [0.29, 0.717) is 18.0 Å². The maximum Gasteiger partial charge on any atom is 0.332 e. The Morgan fingerprint density at radius 3 is 2.81 bits per heavy atom. The van der Waals surface area contributed by atoms with Crippen molar-refractivity contribution in [2.24, 2.45) is 5.92 Å². The van der Waals surface area contributed by atoms with Gasteiger partial charge in [0.1, 0.15) is 30.4 Å². The lowest BCUT2D eigenvalue weighted by Crippen LogP contribution is -2.36. The second-order valence-corrected chi connectivity index (χ2v) is 6.99. The number of esters is 1. The number of nitrogen functional groups attached to an aromatic ring is 1. The summed E-state index contributed by atoms with van der Waals surface area (Å²) in [4.78, 5) is 32.1. The van der Waals surface area contributed by atoms with Crippen LogP contribution in [-0.4, -0.2) is 60.2 Å². The van der Waals surface area contributed by atoms with Gasteiger partial charge in [-0.05, 0) is 18.8 Å². The maximum atomic E-state index is 13.0. The average molecular weight is 379 g/mol. The standard InChI is InChI=1S/C16H21N5O6/c1-7(22)26-6-10-11(23)12(24)14(27-10)21-13-9(4-18-15(17)19-13)20(16(21)25)5-8-2-3-8/h4,8,10-12,14,23-24H,2-3,5-6H2,1H3,(H2,17,18,19)/t10-,11-,12-,14-/m1/s1. The van der Waals surface area contributed by atoms with Gasteiger partial charge in [0.25, 0.3) is 0 Å². The molecule has 4 rings (SSSR count). The van der Waals surface area contributed by atoms with Crippen molar-refractivity contribution in [2.75, 3.05) is 12.3 Å². The Balaban J connectivity index is 1.74. The Kier molecular flexibility index (Phi) is 4.36. The number of carbonyl (C=O) groups is 1. The minimum Gasteiger partial charge on any atom is -0.463 e. The summed E-state index contributed by atoms with van der Waals surface area (Å²) in [6.07, 6.45) is -1.35. The highest BCUT2D eigenvalue weighted by Crippen LogP contribution is 2.33. The SMILES string of the molecule is CC(=O)OC[C@H]1O[C@@H](n2c(=O)n(CC3CC3)c3cnc(N)nc32)[C@H](O)[C@@H]1O. The summed E-state index contributed by atoms with van der Waals surface area (Å²) in [5.74, 6) is -0.150. The van der Waals surface area contributed by atoms with Crippen LogP contribution in [0.4, 0.5) is 5.95 Å². The molecule has 11 nitrogen and oxygen atoms in total. The molecule has 2 aromatic rings. The van der Waals surface area contributed by atoms with E-state index in [2.05, 4.69) is 9.97 Å². The minimum atomic E-state index is -1.40. The van der Waals surface area contributed by atoms with Gasteiger partial charge in [0, 0.05) is 13.5 Å². The summed E-state index contributed by atoms with van der Waals surface area (Å²) < 4.78 is 13.2. The lowest BCUT2D eigenvalue weighted by Gasteiger charge is -2.15. The van der Waals surface area contributed by atoms with E-state index >= 15 is 0 Å². The van der Waals surface area contributed by atoms with Crippen LogP contribution in [-0.2, 0) is 20.8 Å². The van der Waals surface area contributed by atoms with E-state index in [1.165, 1.54) is 22.3 Å². The fourth-order valence-electron chi connectivity index (χ4n) is 3.32. The Hall–Kier alpha value is -2.50. The van der Waals surface area contributed by atoms with E-state index in [-0.39, 0.29) is 18.2 Å². The molecule has 11 heteroatoms. The van der Waals surface area contributed by atoms with Crippen molar-refractivity contribution in [2.45, 2.75) is 50.8 Å². The van der Waals surface area contributed by atoms with E-state index in [0.717, 1.165) is 12.8 Å². The Labute approximate surface area is 153 Å². The van der Waals surface area contributed by atoms with Crippen molar-refractivity contribution < 1.29 is 24.5 Å².